The highest BCUT2D eigenvalue weighted by molar-refractivity contribution is 14.0. The standard InChI is InChI=1S/C25H36N4O.HI/c1-3-26-24(27-19-25(13-17-30-18-14-25)29-15-6-7-16-29)28-20(2)22-12-8-10-21-9-4-5-11-23(21)22;/h4-5,8-12,20H,3,6-7,13-19H2,1-2H3,(H2,26,27,28);1H. The number of hydrogen-bond acceptors (Lipinski definition) is 3. The van der Waals surface area contributed by atoms with Crippen LogP contribution in [0.5, 0.6) is 0 Å². The van der Waals surface area contributed by atoms with E-state index in [9.17, 15) is 0 Å². The number of fused-ring (bicyclic) bond motifs is 1. The number of nitrogens with one attached hydrogen (secondary N) is 2. The molecule has 31 heavy (non-hydrogen) atoms. The van der Waals surface area contributed by atoms with E-state index in [1.807, 2.05) is 0 Å². The zero-order valence-electron chi connectivity index (χ0n) is 18.9. The van der Waals surface area contributed by atoms with Gasteiger partial charge in [-0.25, -0.2) is 0 Å². The molecule has 2 aromatic rings. The van der Waals surface area contributed by atoms with E-state index >= 15 is 0 Å². The third kappa shape index (κ3) is 5.71. The molecule has 4 rings (SSSR count). The van der Waals surface area contributed by atoms with Gasteiger partial charge >= 0.3 is 0 Å². The molecule has 0 saturated carbocycles. The zero-order chi connectivity index (χ0) is 20.8. The first-order chi connectivity index (χ1) is 14.7. The Labute approximate surface area is 204 Å². The van der Waals surface area contributed by atoms with Crippen LogP contribution in [-0.2, 0) is 4.74 Å². The largest absolute Gasteiger partial charge is 0.381 e. The van der Waals surface area contributed by atoms with Crippen molar-refractivity contribution in [3.63, 3.8) is 0 Å². The Morgan fingerprint density at radius 1 is 1.10 bits per heavy atom. The van der Waals surface area contributed by atoms with Crippen molar-refractivity contribution in [1.29, 1.82) is 0 Å². The summed E-state index contributed by atoms with van der Waals surface area (Å²) in [4.78, 5) is 7.77. The molecule has 170 valence electrons. The number of rotatable bonds is 6. The normalized spacial score (nSPS) is 20.3. The van der Waals surface area contributed by atoms with Crippen LogP contribution >= 0.6 is 24.0 Å². The summed E-state index contributed by atoms with van der Waals surface area (Å²) >= 11 is 0. The molecule has 0 amide bonds. The molecule has 2 aliphatic rings. The van der Waals surface area contributed by atoms with Crippen LogP contribution in [0.4, 0.5) is 0 Å². The number of halogens is 1. The second-order valence-electron chi connectivity index (χ2n) is 8.66. The van der Waals surface area contributed by atoms with Gasteiger partial charge in [0.05, 0.1) is 12.6 Å². The first-order valence-electron chi connectivity index (χ1n) is 11.6. The summed E-state index contributed by atoms with van der Waals surface area (Å²) in [7, 11) is 0. The molecule has 2 saturated heterocycles. The molecule has 5 nitrogen and oxygen atoms in total. The average Bonchev–Trinajstić information content (AvgIpc) is 3.34. The molecular weight excluding hydrogens is 499 g/mol. The maximum absolute atomic E-state index is 5.70. The zero-order valence-corrected chi connectivity index (χ0v) is 21.2. The Balaban J connectivity index is 0.00000272. The van der Waals surface area contributed by atoms with E-state index in [4.69, 9.17) is 9.73 Å². The van der Waals surface area contributed by atoms with Crippen LogP contribution in [0.1, 0.15) is 51.1 Å². The third-order valence-electron chi connectivity index (χ3n) is 6.72. The number of nitrogens with zero attached hydrogens (tertiary/aromatic N) is 2. The van der Waals surface area contributed by atoms with E-state index in [2.05, 4.69) is 71.8 Å². The van der Waals surface area contributed by atoms with Gasteiger partial charge in [0.15, 0.2) is 5.96 Å². The van der Waals surface area contributed by atoms with Crippen LogP contribution < -0.4 is 10.6 Å². The Hall–Kier alpha value is -1.38. The first-order valence-corrected chi connectivity index (χ1v) is 11.6. The fourth-order valence-corrected chi connectivity index (χ4v) is 4.97. The lowest BCUT2D eigenvalue weighted by atomic mass is 9.88. The fraction of sp³-hybridized carbons (Fsp3) is 0.560. The Morgan fingerprint density at radius 3 is 2.55 bits per heavy atom. The van der Waals surface area contributed by atoms with E-state index in [1.165, 1.54) is 42.3 Å². The van der Waals surface area contributed by atoms with Crippen molar-refractivity contribution < 1.29 is 4.74 Å². The predicted octanol–water partition coefficient (Wildman–Crippen LogP) is 4.72. The molecule has 2 aromatic carbocycles. The van der Waals surface area contributed by atoms with Crippen LogP contribution in [-0.4, -0.2) is 55.8 Å². The minimum atomic E-state index is 0. The lowest BCUT2D eigenvalue weighted by molar-refractivity contribution is -0.0139. The highest BCUT2D eigenvalue weighted by Crippen LogP contribution is 2.32. The third-order valence-corrected chi connectivity index (χ3v) is 6.72. The SMILES string of the molecule is CCNC(=NCC1(N2CCCC2)CCOCC1)NC(C)c1cccc2ccccc12.I. The predicted molar refractivity (Wildman–Crippen MR) is 140 cm³/mol. The van der Waals surface area contributed by atoms with Crippen molar-refractivity contribution in [2.24, 2.45) is 4.99 Å². The quantitative estimate of drug-likeness (QED) is 0.319. The molecule has 0 spiro atoms. The van der Waals surface area contributed by atoms with Crippen molar-refractivity contribution >= 4 is 40.7 Å². The number of hydrogen-bond donors (Lipinski definition) is 2. The average molecular weight is 537 g/mol. The van der Waals surface area contributed by atoms with Crippen molar-refractivity contribution in [2.45, 2.75) is 51.1 Å². The van der Waals surface area contributed by atoms with Crippen molar-refractivity contribution in [3.8, 4) is 0 Å². The number of benzene rings is 2. The number of likely N-dealkylation sites (tertiary alicyclic amines) is 1. The summed E-state index contributed by atoms with van der Waals surface area (Å²) in [6.07, 6.45) is 4.77. The van der Waals surface area contributed by atoms with Gasteiger partial charge in [0, 0.05) is 25.3 Å². The summed E-state index contributed by atoms with van der Waals surface area (Å²) in [6.45, 7) is 10.1. The van der Waals surface area contributed by atoms with Crippen LogP contribution in [0.3, 0.4) is 0 Å². The van der Waals surface area contributed by atoms with Gasteiger partial charge < -0.3 is 15.4 Å². The van der Waals surface area contributed by atoms with Crippen molar-refractivity contribution in [2.75, 3.05) is 39.4 Å². The summed E-state index contributed by atoms with van der Waals surface area (Å²) < 4.78 is 5.70. The van der Waals surface area contributed by atoms with E-state index in [1.54, 1.807) is 0 Å². The van der Waals surface area contributed by atoms with Gasteiger partial charge in [-0.1, -0.05) is 42.5 Å². The second kappa shape index (κ2) is 11.5. The molecule has 0 aromatic heterocycles. The molecule has 2 heterocycles. The summed E-state index contributed by atoms with van der Waals surface area (Å²) in [5, 5.41) is 9.71. The fourth-order valence-electron chi connectivity index (χ4n) is 4.97. The van der Waals surface area contributed by atoms with Crippen molar-refractivity contribution in [1.82, 2.24) is 15.5 Å². The molecule has 2 fully saturated rings. The van der Waals surface area contributed by atoms with Gasteiger partial charge in [0.2, 0.25) is 0 Å². The van der Waals surface area contributed by atoms with Gasteiger partial charge in [-0.05, 0) is 69.0 Å². The number of ether oxygens (including phenoxy) is 1. The van der Waals surface area contributed by atoms with Crippen LogP contribution in [0, 0.1) is 0 Å². The maximum atomic E-state index is 5.70. The Kier molecular flexibility index (Phi) is 8.98. The number of guanidine groups is 1. The molecule has 1 unspecified atom stereocenters. The molecule has 0 radical (unpaired) electrons. The van der Waals surface area contributed by atoms with Gasteiger partial charge in [-0.3, -0.25) is 9.89 Å². The van der Waals surface area contributed by atoms with E-state index in [0.717, 1.165) is 45.1 Å². The van der Waals surface area contributed by atoms with Crippen molar-refractivity contribution in [3.05, 3.63) is 48.0 Å². The van der Waals surface area contributed by atoms with Gasteiger partial charge in [-0.15, -0.1) is 24.0 Å². The lowest BCUT2D eigenvalue weighted by Gasteiger charge is -2.43. The first kappa shape index (κ1) is 24.3. The lowest BCUT2D eigenvalue weighted by Crippen LogP contribution is -2.54. The number of aliphatic imine (C=N–C) groups is 1. The molecule has 1 atom stereocenters. The molecule has 0 bridgehead atoms. The summed E-state index contributed by atoms with van der Waals surface area (Å²) in [5.41, 5.74) is 1.46. The summed E-state index contributed by atoms with van der Waals surface area (Å²) in [5.74, 6) is 0.906. The van der Waals surface area contributed by atoms with Gasteiger partial charge in [0.1, 0.15) is 0 Å². The van der Waals surface area contributed by atoms with Gasteiger partial charge in [-0.2, -0.15) is 0 Å². The highest BCUT2D eigenvalue weighted by atomic mass is 127. The molecule has 2 N–H and O–H groups in total. The van der Waals surface area contributed by atoms with Crippen LogP contribution in [0.15, 0.2) is 47.5 Å². The van der Waals surface area contributed by atoms with E-state index < -0.39 is 0 Å². The highest BCUT2D eigenvalue weighted by Gasteiger charge is 2.39. The molecule has 6 heteroatoms. The Morgan fingerprint density at radius 2 is 1.81 bits per heavy atom. The minimum absolute atomic E-state index is 0. The smallest absolute Gasteiger partial charge is 0.191 e. The van der Waals surface area contributed by atoms with Crippen LogP contribution in [0.2, 0.25) is 0 Å². The summed E-state index contributed by atoms with van der Waals surface area (Å²) in [6, 6.07) is 15.3. The topological polar surface area (TPSA) is 48.9 Å². The van der Waals surface area contributed by atoms with E-state index in [-0.39, 0.29) is 35.6 Å². The molecular formula is C25H37IN4O. The minimum Gasteiger partial charge on any atom is -0.381 e. The molecule has 0 aliphatic carbocycles. The van der Waals surface area contributed by atoms with E-state index in [0.29, 0.717) is 0 Å². The Bertz CT molecular complexity index is 854. The second-order valence-corrected chi connectivity index (χ2v) is 8.66. The van der Waals surface area contributed by atoms with Gasteiger partial charge in [0.25, 0.3) is 0 Å². The monoisotopic (exact) mass is 536 g/mol. The maximum Gasteiger partial charge on any atom is 0.191 e. The van der Waals surface area contributed by atoms with Crippen LogP contribution in [0.25, 0.3) is 10.8 Å². The molecule has 2 aliphatic heterocycles.